The molecule has 0 fully saturated rings. The molecule has 1 aromatic heterocycles. The Morgan fingerprint density at radius 2 is 1.15 bits per heavy atom. The van der Waals surface area contributed by atoms with Crippen LogP contribution in [-0.4, -0.2) is 4.98 Å². The van der Waals surface area contributed by atoms with Gasteiger partial charge in [-0.1, -0.05) is 35.4 Å². The molecule has 0 aliphatic carbocycles. The number of hydrogen-bond donors (Lipinski definition) is 1. The molecule has 0 saturated carbocycles. The van der Waals surface area contributed by atoms with Crippen LogP contribution in [-0.2, 0) is 10.9 Å². The van der Waals surface area contributed by atoms with Gasteiger partial charge in [0.15, 0.2) is 14.7 Å². The molecule has 0 spiro atoms. The maximum atomic E-state index is 3.18. The van der Waals surface area contributed by atoms with Gasteiger partial charge in [0.2, 0.25) is 0 Å². The molecule has 100 valence electrons. The highest BCUT2D eigenvalue weighted by Crippen LogP contribution is 2.31. The standard InChI is InChI=1S/C18H18NS/c1-14-3-7-16(8-4-14)20(18-11-12-19-13-18)17-9-5-15(2)6-10-17/h3-13,19H,1-2H3/q+1. The second-order valence-corrected chi connectivity index (χ2v) is 7.01. The Morgan fingerprint density at radius 3 is 1.55 bits per heavy atom. The molecular weight excluding hydrogens is 262 g/mol. The summed E-state index contributed by atoms with van der Waals surface area (Å²) in [7, 11) is -0.0313. The van der Waals surface area contributed by atoms with E-state index in [0.717, 1.165) is 0 Å². The lowest BCUT2D eigenvalue weighted by atomic mass is 10.2. The summed E-state index contributed by atoms with van der Waals surface area (Å²) in [6.07, 6.45) is 4.10. The number of H-pyrrole nitrogens is 1. The predicted molar refractivity (Wildman–Crippen MR) is 85.3 cm³/mol. The fourth-order valence-corrected chi connectivity index (χ4v) is 4.22. The first-order chi connectivity index (χ1) is 9.74. The number of benzene rings is 2. The summed E-state index contributed by atoms with van der Waals surface area (Å²) in [4.78, 5) is 7.23. The van der Waals surface area contributed by atoms with Crippen LogP contribution in [0.4, 0.5) is 0 Å². The van der Waals surface area contributed by atoms with Crippen LogP contribution in [0, 0.1) is 13.8 Å². The number of aryl methyl sites for hydroxylation is 2. The van der Waals surface area contributed by atoms with Crippen LogP contribution in [0.5, 0.6) is 0 Å². The van der Waals surface area contributed by atoms with Gasteiger partial charge in [0, 0.05) is 12.3 Å². The molecule has 3 rings (SSSR count). The lowest BCUT2D eigenvalue weighted by Crippen LogP contribution is -2.03. The van der Waals surface area contributed by atoms with Crippen molar-refractivity contribution >= 4 is 10.9 Å². The molecule has 3 aromatic rings. The zero-order chi connectivity index (χ0) is 13.9. The second kappa shape index (κ2) is 5.59. The first-order valence-corrected chi connectivity index (χ1v) is 7.97. The van der Waals surface area contributed by atoms with Gasteiger partial charge in [-0.15, -0.1) is 0 Å². The molecule has 0 atom stereocenters. The first-order valence-electron chi connectivity index (χ1n) is 6.74. The molecule has 0 radical (unpaired) electrons. The maximum Gasteiger partial charge on any atom is 0.183 e. The Kier molecular flexibility index (Phi) is 3.66. The van der Waals surface area contributed by atoms with Gasteiger partial charge < -0.3 is 4.98 Å². The van der Waals surface area contributed by atoms with E-state index in [0.29, 0.717) is 0 Å². The van der Waals surface area contributed by atoms with Crippen molar-refractivity contribution in [1.29, 1.82) is 0 Å². The Hall–Kier alpha value is -1.93. The van der Waals surface area contributed by atoms with Crippen LogP contribution in [0.25, 0.3) is 0 Å². The Labute approximate surface area is 123 Å². The summed E-state index contributed by atoms with van der Waals surface area (Å²) in [6.45, 7) is 4.26. The van der Waals surface area contributed by atoms with E-state index in [1.165, 1.54) is 25.8 Å². The lowest BCUT2D eigenvalue weighted by molar-refractivity contribution is 1.29. The minimum Gasteiger partial charge on any atom is -0.363 e. The van der Waals surface area contributed by atoms with Crippen LogP contribution >= 0.6 is 0 Å². The summed E-state index contributed by atoms with van der Waals surface area (Å²) in [6, 6.07) is 19.9. The third-order valence-electron chi connectivity index (χ3n) is 3.32. The van der Waals surface area contributed by atoms with Gasteiger partial charge in [0.25, 0.3) is 0 Å². The van der Waals surface area contributed by atoms with E-state index in [9.17, 15) is 0 Å². The number of nitrogens with one attached hydrogen (secondary N) is 1. The van der Waals surface area contributed by atoms with Crippen LogP contribution in [0.2, 0.25) is 0 Å². The topological polar surface area (TPSA) is 15.8 Å². The number of rotatable bonds is 3. The zero-order valence-electron chi connectivity index (χ0n) is 11.8. The Balaban J connectivity index is 2.09. The van der Waals surface area contributed by atoms with Gasteiger partial charge >= 0.3 is 0 Å². The van der Waals surface area contributed by atoms with Crippen molar-refractivity contribution in [3.63, 3.8) is 0 Å². The first kappa shape index (κ1) is 13.1. The van der Waals surface area contributed by atoms with Crippen molar-refractivity contribution in [2.45, 2.75) is 28.5 Å². The molecule has 2 heteroatoms. The highest BCUT2D eigenvalue weighted by Gasteiger charge is 2.28. The molecule has 2 aromatic carbocycles. The SMILES string of the molecule is Cc1ccc([S+](c2ccc(C)cc2)c2cc[nH]c2)cc1. The normalized spacial score (nSPS) is 10.9. The van der Waals surface area contributed by atoms with E-state index in [1.807, 2.05) is 6.20 Å². The fourth-order valence-electron chi connectivity index (χ4n) is 2.19. The number of hydrogen-bond acceptors (Lipinski definition) is 0. The van der Waals surface area contributed by atoms with Gasteiger partial charge in [-0.3, -0.25) is 0 Å². The monoisotopic (exact) mass is 280 g/mol. The molecule has 0 saturated heterocycles. The van der Waals surface area contributed by atoms with Crippen LogP contribution in [0.15, 0.2) is 81.7 Å². The largest absolute Gasteiger partial charge is 0.363 e. The Bertz CT molecular complexity index is 621. The van der Waals surface area contributed by atoms with Gasteiger partial charge in [-0.25, -0.2) is 0 Å². The molecular formula is C18H18NS+. The molecule has 1 heterocycles. The molecule has 0 unspecified atom stereocenters. The third kappa shape index (κ3) is 2.66. The zero-order valence-corrected chi connectivity index (χ0v) is 12.6. The van der Waals surface area contributed by atoms with Gasteiger partial charge in [-0.2, -0.15) is 0 Å². The minimum absolute atomic E-state index is 0.0313. The van der Waals surface area contributed by atoms with Gasteiger partial charge in [0.05, 0.1) is 6.20 Å². The fraction of sp³-hybridized carbons (Fsp3) is 0.111. The van der Waals surface area contributed by atoms with E-state index < -0.39 is 0 Å². The molecule has 1 N–H and O–H groups in total. The molecule has 0 bridgehead atoms. The summed E-state index contributed by atoms with van der Waals surface area (Å²) in [5.41, 5.74) is 2.60. The summed E-state index contributed by atoms with van der Waals surface area (Å²) in [5.74, 6) is 0. The van der Waals surface area contributed by atoms with Crippen molar-refractivity contribution in [2.24, 2.45) is 0 Å². The molecule has 20 heavy (non-hydrogen) atoms. The van der Waals surface area contributed by atoms with Crippen molar-refractivity contribution in [2.75, 3.05) is 0 Å². The van der Waals surface area contributed by atoms with Crippen LogP contribution < -0.4 is 0 Å². The third-order valence-corrected chi connectivity index (χ3v) is 5.53. The van der Waals surface area contributed by atoms with E-state index >= 15 is 0 Å². The van der Waals surface area contributed by atoms with E-state index in [-0.39, 0.29) is 10.9 Å². The molecule has 0 aliphatic heterocycles. The van der Waals surface area contributed by atoms with Crippen molar-refractivity contribution < 1.29 is 0 Å². The summed E-state index contributed by atoms with van der Waals surface area (Å²) in [5, 5.41) is 0. The van der Waals surface area contributed by atoms with Crippen LogP contribution in [0.1, 0.15) is 11.1 Å². The minimum atomic E-state index is -0.0313. The van der Waals surface area contributed by atoms with E-state index in [1.54, 1.807) is 0 Å². The average Bonchev–Trinajstić information content (AvgIpc) is 2.97. The maximum absolute atomic E-state index is 3.18. The highest BCUT2D eigenvalue weighted by atomic mass is 32.2. The van der Waals surface area contributed by atoms with E-state index in [2.05, 4.69) is 79.6 Å². The molecule has 0 amide bonds. The van der Waals surface area contributed by atoms with Gasteiger partial charge in [0.1, 0.15) is 10.9 Å². The Morgan fingerprint density at radius 1 is 0.650 bits per heavy atom. The molecule has 0 aliphatic rings. The predicted octanol–water partition coefficient (Wildman–Crippen LogP) is 4.73. The van der Waals surface area contributed by atoms with Crippen molar-refractivity contribution in [1.82, 2.24) is 4.98 Å². The van der Waals surface area contributed by atoms with Crippen molar-refractivity contribution in [3.05, 3.63) is 78.1 Å². The number of aromatic amines is 1. The highest BCUT2D eigenvalue weighted by molar-refractivity contribution is 7.97. The number of aromatic nitrogens is 1. The quantitative estimate of drug-likeness (QED) is 0.668. The summed E-state index contributed by atoms with van der Waals surface area (Å²) < 4.78 is 0. The summed E-state index contributed by atoms with van der Waals surface area (Å²) >= 11 is 0. The van der Waals surface area contributed by atoms with Crippen LogP contribution in [0.3, 0.4) is 0 Å². The van der Waals surface area contributed by atoms with E-state index in [4.69, 9.17) is 0 Å². The lowest BCUT2D eigenvalue weighted by Gasteiger charge is -2.06. The van der Waals surface area contributed by atoms with Gasteiger partial charge in [-0.05, 0) is 38.1 Å². The smallest absolute Gasteiger partial charge is 0.183 e. The molecule has 1 nitrogen and oxygen atoms in total. The van der Waals surface area contributed by atoms with Crippen molar-refractivity contribution in [3.8, 4) is 0 Å². The second-order valence-electron chi connectivity index (χ2n) is 4.98. The average molecular weight is 280 g/mol.